The van der Waals surface area contributed by atoms with E-state index in [1.807, 2.05) is 6.20 Å². The van der Waals surface area contributed by atoms with Crippen molar-refractivity contribution in [1.29, 1.82) is 0 Å². The van der Waals surface area contributed by atoms with E-state index in [2.05, 4.69) is 72.4 Å². The Labute approximate surface area is 168 Å². The third kappa shape index (κ3) is 5.71. The van der Waals surface area contributed by atoms with Crippen LogP contribution in [0.5, 0.6) is 0 Å². The van der Waals surface area contributed by atoms with Gasteiger partial charge in [-0.15, -0.1) is 0 Å². The van der Waals surface area contributed by atoms with Gasteiger partial charge in [0.2, 0.25) is 0 Å². The van der Waals surface area contributed by atoms with Gasteiger partial charge in [-0.1, -0.05) is 25.1 Å². The summed E-state index contributed by atoms with van der Waals surface area (Å²) in [6, 6.07) is 4.16. The van der Waals surface area contributed by atoms with Gasteiger partial charge >= 0.3 is 0 Å². The van der Waals surface area contributed by atoms with Gasteiger partial charge in [0.1, 0.15) is 11.6 Å². The van der Waals surface area contributed by atoms with E-state index >= 15 is 0 Å². The first-order valence-corrected chi connectivity index (χ1v) is 10.3. The molecule has 0 saturated heterocycles. The topological polar surface area (TPSA) is 78.6 Å². The largest absolute Gasteiger partial charge is 0.361 e. The van der Waals surface area contributed by atoms with Gasteiger partial charge in [0, 0.05) is 44.4 Å². The van der Waals surface area contributed by atoms with Crippen LogP contribution < -0.4 is 15.5 Å². The minimum absolute atomic E-state index is 0.575. The standard InChI is InChI=1S/C21H34N6O/c1-6-18-17(19(7-2)28-26-18)15-25-21(22-8-3)24-14-16-11-12-20(23-13-16)27(9-4)10-5/h11-13H,6-10,14-15H2,1-5H3,(H2,22,24,25). The fraction of sp³-hybridized carbons (Fsp3) is 0.571. The first-order valence-electron chi connectivity index (χ1n) is 10.3. The predicted molar refractivity (Wildman–Crippen MR) is 115 cm³/mol. The second kappa shape index (κ2) is 11.3. The molecule has 0 saturated carbocycles. The van der Waals surface area contributed by atoms with Crippen LogP contribution in [0, 0.1) is 0 Å². The maximum atomic E-state index is 5.44. The Balaban J connectivity index is 2.03. The zero-order chi connectivity index (χ0) is 20.4. The summed E-state index contributed by atoms with van der Waals surface area (Å²) in [7, 11) is 0. The van der Waals surface area contributed by atoms with Gasteiger partial charge in [0.25, 0.3) is 0 Å². The summed E-state index contributed by atoms with van der Waals surface area (Å²) >= 11 is 0. The Morgan fingerprint density at radius 1 is 1.07 bits per heavy atom. The first-order chi connectivity index (χ1) is 13.7. The molecule has 0 aromatic carbocycles. The van der Waals surface area contributed by atoms with Gasteiger partial charge in [0.15, 0.2) is 5.96 Å². The maximum absolute atomic E-state index is 5.44. The van der Waals surface area contributed by atoms with Crippen LogP contribution in [0.3, 0.4) is 0 Å². The molecule has 154 valence electrons. The van der Waals surface area contributed by atoms with Crippen molar-refractivity contribution in [3.63, 3.8) is 0 Å². The van der Waals surface area contributed by atoms with Crippen molar-refractivity contribution in [2.45, 2.75) is 60.5 Å². The van der Waals surface area contributed by atoms with Crippen molar-refractivity contribution >= 4 is 11.8 Å². The van der Waals surface area contributed by atoms with Crippen LogP contribution in [0.2, 0.25) is 0 Å². The number of aliphatic imine (C=N–C) groups is 1. The highest BCUT2D eigenvalue weighted by molar-refractivity contribution is 5.79. The summed E-state index contributed by atoms with van der Waals surface area (Å²) in [6.07, 6.45) is 3.60. The second-order valence-electron chi connectivity index (χ2n) is 6.48. The molecule has 0 bridgehead atoms. The van der Waals surface area contributed by atoms with Gasteiger partial charge in [0.05, 0.1) is 12.2 Å². The number of nitrogens with zero attached hydrogens (tertiary/aromatic N) is 4. The molecule has 7 nitrogen and oxygen atoms in total. The van der Waals surface area contributed by atoms with Crippen LogP contribution >= 0.6 is 0 Å². The van der Waals surface area contributed by atoms with Crippen molar-refractivity contribution < 1.29 is 4.52 Å². The minimum Gasteiger partial charge on any atom is -0.361 e. The van der Waals surface area contributed by atoms with E-state index in [1.54, 1.807) is 0 Å². The minimum atomic E-state index is 0.575. The van der Waals surface area contributed by atoms with E-state index in [9.17, 15) is 0 Å². The second-order valence-corrected chi connectivity index (χ2v) is 6.48. The van der Waals surface area contributed by atoms with Crippen LogP contribution in [0.15, 0.2) is 27.8 Å². The molecule has 0 unspecified atom stereocenters. The molecule has 0 radical (unpaired) electrons. The van der Waals surface area contributed by atoms with Gasteiger partial charge < -0.3 is 20.1 Å². The molecular formula is C21H34N6O. The lowest BCUT2D eigenvalue weighted by molar-refractivity contribution is 0.380. The number of hydrogen-bond donors (Lipinski definition) is 2. The summed E-state index contributed by atoms with van der Waals surface area (Å²) in [6.45, 7) is 14.5. The lowest BCUT2D eigenvalue weighted by Gasteiger charge is -2.19. The third-order valence-electron chi connectivity index (χ3n) is 4.70. The molecule has 2 heterocycles. The van der Waals surface area contributed by atoms with Gasteiger partial charge in [-0.25, -0.2) is 9.98 Å². The van der Waals surface area contributed by atoms with Gasteiger partial charge in [-0.3, -0.25) is 0 Å². The number of guanidine groups is 1. The molecule has 0 spiro atoms. The Kier molecular flexibility index (Phi) is 8.78. The van der Waals surface area contributed by atoms with Gasteiger partial charge in [-0.2, -0.15) is 0 Å². The SMILES string of the molecule is CCNC(=NCc1ccc(N(CC)CC)nc1)NCc1c(CC)noc1CC. The number of rotatable bonds is 10. The fourth-order valence-corrected chi connectivity index (χ4v) is 3.07. The molecule has 0 fully saturated rings. The van der Waals surface area contributed by atoms with Crippen molar-refractivity contribution in [2.24, 2.45) is 4.99 Å². The van der Waals surface area contributed by atoms with E-state index in [4.69, 9.17) is 9.52 Å². The molecule has 0 amide bonds. The molecule has 0 aliphatic heterocycles. The van der Waals surface area contributed by atoms with Crippen LogP contribution in [0.1, 0.15) is 57.2 Å². The number of aromatic nitrogens is 2. The highest BCUT2D eigenvalue weighted by Crippen LogP contribution is 2.15. The quantitative estimate of drug-likeness (QED) is 0.482. The normalized spacial score (nSPS) is 11.5. The maximum Gasteiger partial charge on any atom is 0.191 e. The number of nitrogens with one attached hydrogen (secondary N) is 2. The van der Waals surface area contributed by atoms with Crippen LogP contribution in [-0.4, -0.2) is 35.7 Å². The molecule has 2 N–H and O–H groups in total. The first kappa shape index (κ1) is 21.7. The van der Waals surface area contributed by atoms with E-state index in [0.717, 1.165) is 66.8 Å². The zero-order valence-corrected chi connectivity index (χ0v) is 17.9. The van der Waals surface area contributed by atoms with E-state index in [-0.39, 0.29) is 0 Å². The summed E-state index contributed by atoms with van der Waals surface area (Å²) < 4.78 is 5.44. The smallest absolute Gasteiger partial charge is 0.191 e. The Morgan fingerprint density at radius 3 is 2.43 bits per heavy atom. The average Bonchev–Trinajstić information content (AvgIpc) is 3.14. The number of pyridine rings is 1. The summed E-state index contributed by atoms with van der Waals surface area (Å²) in [4.78, 5) is 11.5. The Bertz CT molecular complexity index is 712. The number of hydrogen-bond acceptors (Lipinski definition) is 5. The summed E-state index contributed by atoms with van der Waals surface area (Å²) in [5.74, 6) is 2.73. The Hall–Kier alpha value is -2.57. The van der Waals surface area contributed by atoms with Gasteiger partial charge in [-0.05, 0) is 38.8 Å². The number of aryl methyl sites for hydroxylation is 2. The van der Waals surface area contributed by atoms with Crippen molar-refractivity contribution in [3.8, 4) is 0 Å². The predicted octanol–water partition coefficient (Wildman–Crippen LogP) is 3.30. The molecule has 28 heavy (non-hydrogen) atoms. The molecule has 7 heteroatoms. The number of anilines is 1. The molecular weight excluding hydrogens is 352 g/mol. The third-order valence-corrected chi connectivity index (χ3v) is 4.70. The van der Waals surface area contributed by atoms with E-state index < -0.39 is 0 Å². The van der Waals surface area contributed by atoms with E-state index in [1.165, 1.54) is 0 Å². The molecule has 2 rings (SSSR count). The molecule has 0 atom stereocenters. The van der Waals surface area contributed by atoms with Crippen molar-refractivity contribution in [3.05, 3.63) is 40.9 Å². The fourth-order valence-electron chi connectivity index (χ4n) is 3.07. The monoisotopic (exact) mass is 386 g/mol. The van der Waals surface area contributed by atoms with E-state index in [0.29, 0.717) is 13.1 Å². The lowest BCUT2D eigenvalue weighted by Crippen LogP contribution is -2.37. The summed E-state index contributed by atoms with van der Waals surface area (Å²) in [5.41, 5.74) is 3.24. The molecule has 2 aromatic rings. The van der Waals surface area contributed by atoms with Crippen LogP contribution in [0.4, 0.5) is 5.82 Å². The average molecular weight is 387 g/mol. The molecule has 2 aromatic heterocycles. The summed E-state index contributed by atoms with van der Waals surface area (Å²) in [5, 5.41) is 10.9. The van der Waals surface area contributed by atoms with Crippen LogP contribution in [0.25, 0.3) is 0 Å². The highest BCUT2D eigenvalue weighted by atomic mass is 16.5. The van der Waals surface area contributed by atoms with Crippen LogP contribution in [-0.2, 0) is 25.9 Å². The van der Waals surface area contributed by atoms with Crippen molar-refractivity contribution in [2.75, 3.05) is 24.5 Å². The zero-order valence-electron chi connectivity index (χ0n) is 17.9. The van der Waals surface area contributed by atoms with Crippen molar-refractivity contribution in [1.82, 2.24) is 20.8 Å². The Morgan fingerprint density at radius 2 is 1.86 bits per heavy atom. The lowest BCUT2D eigenvalue weighted by atomic mass is 10.1. The highest BCUT2D eigenvalue weighted by Gasteiger charge is 2.13. The molecule has 0 aliphatic carbocycles. The molecule has 0 aliphatic rings.